The first kappa shape index (κ1) is 16.2. The van der Waals surface area contributed by atoms with E-state index in [0.717, 1.165) is 0 Å². The van der Waals surface area contributed by atoms with Crippen molar-refractivity contribution in [2.75, 3.05) is 11.9 Å². The summed E-state index contributed by atoms with van der Waals surface area (Å²) in [5, 5.41) is 20.9. The van der Waals surface area contributed by atoms with Crippen molar-refractivity contribution < 1.29 is 14.5 Å². The third kappa shape index (κ3) is 4.30. The largest absolute Gasteiger partial charge is 0.462 e. The van der Waals surface area contributed by atoms with E-state index in [2.05, 4.69) is 5.32 Å². The molecule has 0 saturated carbocycles. The maximum absolute atomic E-state index is 11.7. The first-order valence-electron chi connectivity index (χ1n) is 6.10. The molecule has 0 bridgehead atoms. The number of benzene rings is 1. The SMILES string of the molecule is CCOC(=O)/C(C(=N)N)=C(\C)Nc1ccc([N+](=O)[O-])cc1. The van der Waals surface area contributed by atoms with Crippen LogP contribution in [0.5, 0.6) is 0 Å². The highest BCUT2D eigenvalue weighted by atomic mass is 16.6. The second kappa shape index (κ2) is 7.04. The molecule has 0 spiro atoms. The fourth-order valence-electron chi connectivity index (χ4n) is 1.61. The summed E-state index contributed by atoms with van der Waals surface area (Å²) in [5.41, 5.74) is 6.12. The number of nitrogens with one attached hydrogen (secondary N) is 2. The lowest BCUT2D eigenvalue weighted by atomic mass is 10.2. The molecule has 4 N–H and O–H groups in total. The van der Waals surface area contributed by atoms with Crippen LogP contribution >= 0.6 is 0 Å². The van der Waals surface area contributed by atoms with E-state index in [4.69, 9.17) is 15.9 Å². The van der Waals surface area contributed by atoms with Crippen molar-refractivity contribution in [3.63, 3.8) is 0 Å². The van der Waals surface area contributed by atoms with Crippen LogP contribution in [0.15, 0.2) is 35.5 Å². The number of esters is 1. The minimum Gasteiger partial charge on any atom is -0.462 e. The van der Waals surface area contributed by atoms with Gasteiger partial charge in [-0.1, -0.05) is 0 Å². The van der Waals surface area contributed by atoms with E-state index in [9.17, 15) is 14.9 Å². The number of rotatable bonds is 6. The Morgan fingerprint density at radius 3 is 2.43 bits per heavy atom. The molecule has 1 rings (SSSR count). The van der Waals surface area contributed by atoms with E-state index in [1.54, 1.807) is 13.8 Å². The Morgan fingerprint density at radius 2 is 2.00 bits per heavy atom. The van der Waals surface area contributed by atoms with Gasteiger partial charge in [0.05, 0.1) is 11.5 Å². The van der Waals surface area contributed by atoms with E-state index in [0.29, 0.717) is 11.4 Å². The van der Waals surface area contributed by atoms with Crippen LogP contribution in [0.4, 0.5) is 11.4 Å². The fourth-order valence-corrected chi connectivity index (χ4v) is 1.61. The zero-order valence-corrected chi connectivity index (χ0v) is 11.7. The highest BCUT2D eigenvalue weighted by molar-refractivity contribution is 6.17. The summed E-state index contributed by atoms with van der Waals surface area (Å²) in [6, 6.07) is 5.63. The maximum atomic E-state index is 11.7. The van der Waals surface area contributed by atoms with Crippen LogP contribution in [0.25, 0.3) is 0 Å². The van der Waals surface area contributed by atoms with Gasteiger partial charge in [-0.05, 0) is 26.0 Å². The molecule has 8 nitrogen and oxygen atoms in total. The van der Waals surface area contributed by atoms with Gasteiger partial charge in [0.15, 0.2) is 0 Å². The standard InChI is InChI=1S/C13H16N4O4/c1-3-21-13(18)11(12(14)15)8(2)16-9-4-6-10(7-5-9)17(19)20/h4-7,16H,3H2,1-2H3,(H3,14,15)/b11-8+. The lowest BCUT2D eigenvalue weighted by Crippen LogP contribution is -2.25. The van der Waals surface area contributed by atoms with E-state index < -0.39 is 16.7 Å². The molecule has 112 valence electrons. The smallest absolute Gasteiger partial charge is 0.343 e. The minimum absolute atomic E-state index is 0.0423. The predicted molar refractivity (Wildman–Crippen MR) is 78.0 cm³/mol. The average Bonchev–Trinajstić information content (AvgIpc) is 2.39. The number of nitro benzene ring substituents is 1. The van der Waals surface area contributed by atoms with Crippen LogP contribution in [0.2, 0.25) is 0 Å². The molecule has 8 heteroatoms. The number of nitro groups is 1. The second-order valence-corrected chi connectivity index (χ2v) is 4.06. The van der Waals surface area contributed by atoms with Crippen molar-refractivity contribution in [1.29, 1.82) is 5.41 Å². The van der Waals surface area contributed by atoms with E-state index in [-0.39, 0.29) is 17.9 Å². The molecule has 0 aliphatic rings. The van der Waals surface area contributed by atoms with Gasteiger partial charge in [0.1, 0.15) is 11.4 Å². The van der Waals surface area contributed by atoms with Crippen molar-refractivity contribution in [1.82, 2.24) is 0 Å². The van der Waals surface area contributed by atoms with Gasteiger partial charge in [-0.3, -0.25) is 15.5 Å². The summed E-state index contributed by atoms with van der Waals surface area (Å²) in [7, 11) is 0. The van der Waals surface area contributed by atoms with Gasteiger partial charge in [0, 0.05) is 23.5 Å². The number of ether oxygens (including phenoxy) is 1. The van der Waals surface area contributed by atoms with Crippen molar-refractivity contribution in [3.05, 3.63) is 45.6 Å². The summed E-state index contributed by atoms with van der Waals surface area (Å²) < 4.78 is 4.83. The van der Waals surface area contributed by atoms with Crippen LogP contribution in [-0.4, -0.2) is 23.3 Å². The van der Waals surface area contributed by atoms with Crippen LogP contribution in [-0.2, 0) is 9.53 Å². The van der Waals surface area contributed by atoms with Gasteiger partial charge in [-0.2, -0.15) is 0 Å². The summed E-state index contributed by atoms with van der Waals surface area (Å²) in [4.78, 5) is 21.8. The number of allylic oxidation sites excluding steroid dienone is 1. The molecule has 0 aliphatic heterocycles. The molecule has 0 unspecified atom stereocenters. The summed E-state index contributed by atoms with van der Waals surface area (Å²) in [5.74, 6) is -1.11. The monoisotopic (exact) mass is 292 g/mol. The van der Waals surface area contributed by atoms with Gasteiger partial charge in [0.2, 0.25) is 0 Å². The quantitative estimate of drug-likeness (QED) is 0.183. The zero-order valence-electron chi connectivity index (χ0n) is 11.7. The molecular formula is C13H16N4O4. The Morgan fingerprint density at radius 1 is 1.43 bits per heavy atom. The van der Waals surface area contributed by atoms with Gasteiger partial charge >= 0.3 is 5.97 Å². The molecule has 0 aliphatic carbocycles. The topological polar surface area (TPSA) is 131 Å². The highest BCUT2D eigenvalue weighted by Crippen LogP contribution is 2.18. The number of non-ortho nitro benzene ring substituents is 1. The van der Waals surface area contributed by atoms with E-state index in [1.165, 1.54) is 24.3 Å². The number of hydrogen-bond acceptors (Lipinski definition) is 6. The first-order chi connectivity index (χ1) is 9.86. The summed E-state index contributed by atoms with van der Waals surface area (Å²) >= 11 is 0. The van der Waals surface area contributed by atoms with Crippen LogP contribution in [0, 0.1) is 15.5 Å². The Kier molecular flexibility index (Phi) is 5.41. The Bertz CT molecular complexity index is 593. The molecule has 0 heterocycles. The number of nitrogens with two attached hydrogens (primary N) is 1. The van der Waals surface area contributed by atoms with E-state index >= 15 is 0 Å². The normalized spacial score (nSPS) is 11.3. The first-order valence-corrected chi connectivity index (χ1v) is 6.10. The molecule has 0 aromatic heterocycles. The third-order valence-corrected chi connectivity index (χ3v) is 2.53. The number of carbonyl (C=O) groups is 1. The molecular weight excluding hydrogens is 276 g/mol. The molecule has 1 aromatic rings. The van der Waals surface area contributed by atoms with Crippen molar-refractivity contribution in [3.8, 4) is 0 Å². The average molecular weight is 292 g/mol. The molecule has 0 radical (unpaired) electrons. The molecule has 0 amide bonds. The second-order valence-electron chi connectivity index (χ2n) is 4.06. The van der Waals surface area contributed by atoms with Crippen LogP contribution in [0.3, 0.4) is 0 Å². The number of anilines is 1. The van der Waals surface area contributed by atoms with Gasteiger partial charge in [-0.15, -0.1) is 0 Å². The van der Waals surface area contributed by atoms with Gasteiger partial charge < -0.3 is 15.8 Å². The fraction of sp³-hybridized carbons (Fsp3) is 0.231. The zero-order chi connectivity index (χ0) is 16.0. The van der Waals surface area contributed by atoms with Gasteiger partial charge in [-0.25, -0.2) is 4.79 Å². The van der Waals surface area contributed by atoms with Crippen molar-refractivity contribution in [2.45, 2.75) is 13.8 Å². The van der Waals surface area contributed by atoms with E-state index in [1.807, 2.05) is 0 Å². The Balaban J connectivity index is 3.01. The number of nitrogens with zero attached hydrogens (tertiary/aromatic N) is 1. The highest BCUT2D eigenvalue weighted by Gasteiger charge is 2.17. The molecule has 0 fully saturated rings. The summed E-state index contributed by atoms with van der Waals surface area (Å²) in [6.07, 6.45) is 0. The molecule has 1 aromatic carbocycles. The summed E-state index contributed by atoms with van der Waals surface area (Å²) in [6.45, 7) is 3.38. The number of hydrogen-bond donors (Lipinski definition) is 3. The van der Waals surface area contributed by atoms with Crippen molar-refractivity contribution in [2.24, 2.45) is 5.73 Å². The Hall–Kier alpha value is -2.90. The minimum atomic E-state index is -0.697. The van der Waals surface area contributed by atoms with Gasteiger partial charge in [0.25, 0.3) is 5.69 Å². The molecule has 0 saturated heterocycles. The lowest BCUT2D eigenvalue weighted by Gasteiger charge is -2.12. The Labute approximate surface area is 121 Å². The molecule has 21 heavy (non-hydrogen) atoms. The number of carbonyl (C=O) groups excluding carboxylic acids is 1. The maximum Gasteiger partial charge on any atom is 0.343 e. The van der Waals surface area contributed by atoms with Crippen molar-refractivity contribution >= 4 is 23.2 Å². The predicted octanol–water partition coefficient (Wildman–Crippen LogP) is 1.78. The lowest BCUT2D eigenvalue weighted by molar-refractivity contribution is -0.384. The third-order valence-electron chi connectivity index (χ3n) is 2.53. The molecule has 0 atom stereocenters. The van der Waals surface area contributed by atoms with Crippen LogP contribution in [0.1, 0.15) is 13.8 Å². The number of amidine groups is 1. The van der Waals surface area contributed by atoms with Crippen LogP contribution < -0.4 is 11.1 Å².